The molecule has 0 saturated heterocycles. The van der Waals surface area contributed by atoms with E-state index in [0.29, 0.717) is 22.9 Å². The van der Waals surface area contributed by atoms with E-state index in [0.717, 1.165) is 9.24 Å². The third-order valence-corrected chi connectivity index (χ3v) is 5.85. The van der Waals surface area contributed by atoms with Crippen LogP contribution in [-0.4, -0.2) is 23.2 Å². The van der Waals surface area contributed by atoms with Crippen LogP contribution in [0.4, 0.5) is 5.69 Å². The number of methoxy groups -OCH3 is 1. The van der Waals surface area contributed by atoms with E-state index in [1.54, 1.807) is 24.8 Å². The highest BCUT2D eigenvalue weighted by Gasteiger charge is 2.15. The maximum Gasteiger partial charge on any atom is 0.291 e. The fourth-order valence-corrected chi connectivity index (χ4v) is 4.13. The third-order valence-electron chi connectivity index (χ3n) is 4.00. The quantitative estimate of drug-likeness (QED) is 0.408. The number of hydrogen-bond acceptors (Lipinski definition) is 8. The number of benzene rings is 2. The number of furan rings is 1. The predicted octanol–water partition coefficient (Wildman–Crippen LogP) is 5.12. The lowest BCUT2D eigenvalue weighted by molar-refractivity contribution is 0.0992. The number of carbonyl (C=O) groups is 1. The molecule has 2 aromatic heterocycles. The second-order valence-corrected chi connectivity index (χ2v) is 8.08. The number of carbonyl (C=O) groups excluding carboxylic acids is 1. The first-order chi connectivity index (χ1) is 14.7. The largest absolute Gasteiger partial charge is 0.493 e. The Balaban J connectivity index is 1.41. The summed E-state index contributed by atoms with van der Waals surface area (Å²) in [6.45, 7) is 0.178. The molecule has 1 amide bonds. The first-order valence-electron chi connectivity index (χ1n) is 8.92. The summed E-state index contributed by atoms with van der Waals surface area (Å²) in [6.07, 6.45) is 0. The van der Waals surface area contributed by atoms with Crippen molar-refractivity contribution in [1.82, 2.24) is 10.2 Å². The fraction of sp³-hybridized carbons (Fsp3) is 0.0952. The van der Waals surface area contributed by atoms with Crippen LogP contribution in [0.25, 0.3) is 0 Å². The molecule has 0 aliphatic heterocycles. The Morgan fingerprint density at radius 2 is 1.90 bits per heavy atom. The van der Waals surface area contributed by atoms with Gasteiger partial charge in [0, 0.05) is 4.90 Å². The molecule has 30 heavy (non-hydrogen) atoms. The molecule has 7 nitrogen and oxygen atoms in total. The fourth-order valence-electron chi connectivity index (χ4n) is 2.61. The van der Waals surface area contributed by atoms with Crippen molar-refractivity contribution in [3.63, 3.8) is 0 Å². The van der Waals surface area contributed by atoms with Gasteiger partial charge < -0.3 is 19.2 Å². The number of amides is 1. The number of aromatic nitrogens is 2. The predicted molar refractivity (Wildman–Crippen MR) is 114 cm³/mol. The summed E-state index contributed by atoms with van der Waals surface area (Å²) in [7, 11) is 1.58. The van der Waals surface area contributed by atoms with Gasteiger partial charge in [0.2, 0.25) is 0 Å². The Hall–Kier alpha value is -3.30. The van der Waals surface area contributed by atoms with Gasteiger partial charge in [0.15, 0.2) is 21.6 Å². The number of rotatable bonds is 8. The molecule has 4 aromatic rings. The summed E-state index contributed by atoms with van der Waals surface area (Å²) >= 11 is 2.88. The van der Waals surface area contributed by atoms with Crippen LogP contribution in [0.5, 0.6) is 11.5 Å². The number of ether oxygens (including phenoxy) is 2. The molecule has 0 unspecified atom stereocenters. The van der Waals surface area contributed by atoms with Gasteiger partial charge in [-0.2, -0.15) is 0 Å². The van der Waals surface area contributed by atoms with Gasteiger partial charge in [-0.1, -0.05) is 47.4 Å². The smallest absolute Gasteiger partial charge is 0.291 e. The summed E-state index contributed by atoms with van der Waals surface area (Å²) in [5.74, 6) is 1.62. The molecular weight excluding hydrogens is 422 g/mol. The second kappa shape index (κ2) is 9.47. The zero-order valence-electron chi connectivity index (χ0n) is 15.9. The molecule has 0 radical (unpaired) electrons. The SMILES string of the molecule is COc1ccccc1OCc1ccc(C(=O)Nc2ccccc2Sc2nncs2)o1. The Bertz CT molecular complexity index is 1130. The number of para-hydroxylation sites is 3. The number of nitrogens with zero attached hydrogens (tertiary/aromatic N) is 2. The van der Waals surface area contributed by atoms with Crippen LogP contribution in [0, 0.1) is 0 Å². The van der Waals surface area contributed by atoms with E-state index in [2.05, 4.69) is 15.5 Å². The van der Waals surface area contributed by atoms with E-state index < -0.39 is 0 Å². The second-order valence-electron chi connectivity index (χ2n) is 5.96. The number of nitrogens with one attached hydrogen (secondary N) is 1. The molecule has 1 N–H and O–H groups in total. The standard InChI is InChI=1S/C21H17N3O4S2/c1-26-16-7-3-4-8-17(16)27-12-14-10-11-18(28-14)20(25)23-15-6-2-5-9-19(15)30-21-24-22-13-29-21/h2-11,13H,12H2,1H3,(H,23,25). The molecular formula is C21H17N3O4S2. The first-order valence-corrected chi connectivity index (χ1v) is 10.6. The topological polar surface area (TPSA) is 86.5 Å². The van der Waals surface area contributed by atoms with Crippen LogP contribution < -0.4 is 14.8 Å². The third kappa shape index (κ3) is 4.81. The van der Waals surface area contributed by atoms with Gasteiger partial charge in [-0.05, 0) is 36.4 Å². The van der Waals surface area contributed by atoms with Gasteiger partial charge in [-0.15, -0.1) is 10.2 Å². The molecule has 0 saturated carbocycles. The van der Waals surface area contributed by atoms with E-state index in [9.17, 15) is 4.79 Å². The van der Waals surface area contributed by atoms with Crippen molar-refractivity contribution < 1.29 is 18.7 Å². The maximum absolute atomic E-state index is 12.7. The Morgan fingerprint density at radius 3 is 2.70 bits per heavy atom. The summed E-state index contributed by atoms with van der Waals surface area (Å²) < 4.78 is 17.5. The van der Waals surface area contributed by atoms with Crippen LogP contribution in [-0.2, 0) is 6.61 Å². The normalized spacial score (nSPS) is 10.6. The molecule has 0 bridgehead atoms. The average Bonchev–Trinajstić information content (AvgIpc) is 3.46. The lowest BCUT2D eigenvalue weighted by Gasteiger charge is -2.09. The average molecular weight is 440 g/mol. The maximum atomic E-state index is 12.7. The molecule has 152 valence electrons. The van der Waals surface area contributed by atoms with Gasteiger partial charge in [-0.3, -0.25) is 4.79 Å². The summed E-state index contributed by atoms with van der Waals surface area (Å²) in [5.41, 5.74) is 2.34. The minimum atomic E-state index is -0.344. The first kappa shape index (κ1) is 20.0. The highest BCUT2D eigenvalue weighted by Crippen LogP contribution is 2.34. The Kier molecular flexibility index (Phi) is 6.31. The van der Waals surface area contributed by atoms with Gasteiger partial charge in [0.25, 0.3) is 5.91 Å². The van der Waals surface area contributed by atoms with Gasteiger partial charge in [0.1, 0.15) is 17.9 Å². The van der Waals surface area contributed by atoms with Crippen molar-refractivity contribution in [2.45, 2.75) is 15.8 Å². The van der Waals surface area contributed by atoms with Crippen LogP contribution >= 0.6 is 23.1 Å². The van der Waals surface area contributed by atoms with Crippen LogP contribution in [0.2, 0.25) is 0 Å². The molecule has 0 fully saturated rings. The van der Waals surface area contributed by atoms with Gasteiger partial charge in [0.05, 0.1) is 12.8 Å². The summed E-state index contributed by atoms with van der Waals surface area (Å²) in [6, 6.07) is 18.2. The van der Waals surface area contributed by atoms with Crippen LogP contribution in [0.3, 0.4) is 0 Å². The van der Waals surface area contributed by atoms with Gasteiger partial charge >= 0.3 is 0 Å². The molecule has 0 aliphatic rings. The zero-order valence-corrected chi connectivity index (χ0v) is 17.5. The molecule has 0 spiro atoms. The molecule has 4 rings (SSSR count). The molecule has 2 aromatic carbocycles. The van der Waals surface area contributed by atoms with E-state index in [1.807, 2.05) is 48.5 Å². The summed E-state index contributed by atoms with van der Waals surface area (Å²) in [5, 5.41) is 10.8. The number of hydrogen-bond donors (Lipinski definition) is 1. The van der Waals surface area contributed by atoms with E-state index in [1.165, 1.54) is 23.1 Å². The highest BCUT2D eigenvalue weighted by atomic mass is 32.2. The lowest BCUT2D eigenvalue weighted by Crippen LogP contribution is -2.11. The van der Waals surface area contributed by atoms with Crippen molar-refractivity contribution in [3.8, 4) is 11.5 Å². The van der Waals surface area contributed by atoms with Gasteiger partial charge in [-0.25, -0.2) is 0 Å². The lowest BCUT2D eigenvalue weighted by atomic mass is 10.3. The minimum Gasteiger partial charge on any atom is -0.493 e. The Morgan fingerprint density at radius 1 is 1.10 bits per heavy atom. The molecule has 0 atom stereocenters. The van der Waals surface area contributed by atoms with Crippen molar-refractivity contribution in [2.24, 2.45) is 0 Å². The van der Waals surface area contributed by atoms with E-state index in [4.69, 9.17) is 13.9 Å². The molecule has 2 heterocycles. The molecule has 9 heteroatoms. The van der Waals surface area contributed by atoms with Crippen molar-refractivity contribution in [2.75, 3.05) is 12.4 Å². The van der Waals surface area contributed by atoms with Crippen LogP contribution in [0.1, 0.15) is 16.3 Å². The monoisotopic (exact) mass is 439 g/mol. The van der Waals surface area contributed by atoms with E-state index >= 15 is 0 Å². The molecule has 0 aliphatic carbocycles. The Labute approximate surface area is 181 Å². The summed E-state index contributed by atoms with van der Waals surface area (Å²) in [4.78, 5) is 13.5. The number of anilines is 1. The van der Waals surface area contributed by atoms with Crippen LogP contribution in [0.15, 0.2) is 79.8 Å². The van der Waals surface area contributed by atoms with E-state index in [-0.39, 0.29) is 18.3 Å². The highest BCUT2D eigenvalue weighted by molar-refractivity contribution is 8.01. The van der Waals surface area contributed by atoms with Crippen molar-refractivity contribution in [3.05, 3.63) is 77.7 Å². The zero-order chi connectivity index (χ0) is 20.8. The van der Waals surface area contributed by atoms with Crippen molar-refractivity contribution >= 4 is 34.7 Å². The van der Waals surface area contributed by atoms with Crippen molar-refractivity contribution in [1.29, 1.82) is 0 Å². The minimum absolute atomic E-state index is 0.178.